The van der Waals surface area contributed by atoms with Crippen molar-refractivity contribution in [2.75, 3.05) is 27.3 Å². The zero-order valence-corrected chi connectivity index (χ0v) is 16.9. The molecule has 2 heterocycles. The Morgan fingerprint density at radius 1 is 1.07 bits per heavy atom. The van der Waals surface area contributed by atoms with Gasteiger partial charge >= 0.3 is 5.69 Å². The van der Waals surface area contributed by atoms with Crippen molar-refractivity contribution in [3.8, 4) is 11.5 Å². The van der Waals surface area contributed by atoms with E-state index in [1.807, 2.05) is 40.7 Å². The number of benzene rings is 2. The average Bonchev–Trinajstić information content (AvgIpc) is 3.09. The Morgan fingerprint density at radius 2 is 1.69 bits per heavy atom. The van der Waals surface area contributed by atoms with Gasteiger partial charge in [-0.2, -0.15) is 0 Å². The lowest BCUT2D eigenvalue weighted by Gasteiger charge is -2.32. The molecule has 0 unspecified atom stereocenters. The predicted octanol–water partition coefficient (Wildman–Crippen LogP) is 3.13. The summed E-state index contributed by atoms with van der Waals surface area (Å²) < 4.78 is 12.6. The smallest absolute Gasteiger partial charge is 0.326 e. The summed E-state index contributed by atoms with van der Waals surface area (Å²) >= 11 is 0. The minimum atomic E-state index is -0.0935. The number of H-pyrrole nitrogens is 1. The van der Waals surface area contributed by atoms with Crippen LogP contribution in [0.25, 0.3) is 11.0 Å². The number of hydrogen-bond acceptors (Lipinski definition) is 4. The van der Waals surface area contributed by atoms with Crippen LogP contribution in [0.1, 0.15) is 34.8 Å². The third kappa shape index (κ3) is 3.37. The molecule has 0 atom stereocenters. The number of nitrogens with one attached hydrogen (secondary N) is 1. The number of rotatable bonds is 4. The van der Waals surface area contributed by atoms with E-state index in [2.05, 4.69) is 4.98 Å². The third-order valence-electron chi connectivity index (χ3n) is 5.74. The lowest BCUT2D eigenvalue weighted by atomic mass is 10.0. The normalized spacial score (nSPS) is 14.9. The van der Waals surface area contributed by atoms with Crippen LogP contribution in [0.3, 0.4) is 0 Å². The number of hydrogen-bond donors (Lipinski definition) is 1. The molecule has 0 spiro atoms. The summed E-state index contributed by atoms with van der Waals surface area (Å²) in [5, 5.41) is 0. The molecule has 3 aromatic rings. The number of ether oxygens (including phenoxy) is 2. The average molecular weight is 395 g/mol. The molecule has 29 heavy (non-hydrogen) atoms. The van der Waals surface area contributed by atoms with E-state index in [0.717, 1.165) is 29.4 Å². The number of imidazole rings is 1. The highest BCUT2D eigenvalue weighted by Gasteiger charge is 2.27. The van der Waals surface area contributed by atoms with Crippen molar-refractivity contribution in [2.45, 2.75) is 25.8 Å². The number of carbonyl (C=O) groups excluding carboxylic acids is 1. The van der Waals surface area contributed by atoms with Gasteiger partial charge in [0.2, 0.25) is 0 Å². The van der Waals surface area contributed by atoms with E-state index in [0.29, 0.717) is 30.2 Å². The van der Waals surface area contributed by atoms with E-state index in [1.54, 1.807) is 26.4 Å². The summed E-state index contributed by atoms with van der Waals surface area (Å²) in [5.41, 5.74) is 3.07. The summed E-state index contributed by atoms with van der Waals surface area (Å²) in [6.07, 6.45) is 1.46. The van der Waals surface area contributed by atoms with Crippen LogP contribution in [0.5, 0.6) is 11.5 Å². The Bertz CT molecular complexity index is 1080. The molecule has 0 saturated carbocycles. The number of carbonyl (C=O) groups is 1. The van der Waals surface area contributed by atoms with Gasteiger partial charge in [0.25, 0.3) is 5.91 Å². The van der Waals surface area contributed by atoms with Crippen molar-refractivity contribution < 1.29 is 14.3 Å². The molecular weight excluding hydrogens is 370 g/mol. The second kappa shape index (κ2) is 7.66. The maximum absolute atomic E-state index is 13.1. The fraction of sp³-hybridized carbons (Fsp3) is 0.364. The van der Waals surface area contributed by atoms with Crippen LogP contribution >= 0.6 is 0 Å². The number of nitrogens with zero attached hydrogens (tertiary/aromatic N) is 2. The minimum absolute atomic E-state index is 0.0497. The summed E-state index contributed by atoms with van der Waals surface area (Å²) in [5.74, 6) is 1.21. The van der Waals surface area contributed by atoms with Crippen molar-refractivity contribution in [2.24, 2.45) is 0 Å². The Hall–Kier alpha value is -3.22. The summed E-state index contributed by atoms with van der Waals surface area (Å²) in [7, 11) is 3.17. The van der Waals surface area contributed by atoms with E-state index in [1.165, 1.54) is 0 Å². The number of amides is 1. The molecule has 7 nitrogen and oxygen atoms in total. The first kappa shape index (κ1) is 19.1. The van der Waals surface area contributed by atoms with E-state index in [-0.39, 0.29) is 17.6 Å². The fourth-order valence-corrected chi connectivity index (χ4v) is 4.16. The minimum Gasteiger partial charge on any atom is -0.496 e. The van der Waals surface area contributed by atoms with Crippen LogP contribution in [0.15, 0.2) is 41.2 Å². The van der Waals surface area contributed by atoms with Crippen molar-refractivity contribution in [3.05, 3.63) is 58.0 Å². The van der Waals surface area contributed by atoms with Gasteiger partial charge in [-0.3, -0.25) is 9.36 Å². The second-order valence-corrected chi connectivity index (χ2v) is 7.35. The van der Waals surface area contributed by atoms with Gasteiger partial charge in [-0.15, -0.1) is 0 Å². The van der Waals surface area contributed by atoms with Crippen LogP contribution in [0.2, 0.25) is 0 Å². The van der Waals surface area contributed by atoms with E-state index in [9.17, 15) is 9.59 Å². The molecule has 7 heteroatoms. The van der Waals surface area contributed by atoms with Gasteiger partial charge in [0.1, 0.15) is 11.5 Å². The van der Waals surface area contributed by atoms with Crippen LogP contribution in [-0.2, 0) is 0 Å². The zero-order chi connectivity index (χ0) is 20.5. The summed E-state index contributed by atoms with van der Waals surface area (Å²) in [6.45, 7) is 3.08. The lowest BCUT2D eigenvalue weighted by molar-refractivity contribution is 0.0694. The van der Waals surface area contributed by atoms with E-state index < -0.39 is 0 Å². The number of likely N-dealkylation sites (tertiary alicyclic amines) is 1. The Labute approximate surface area is 168 Å². The van der Waals surface area contributed by atoms with Gasteiger partial charge in [-0.05, 0) is 44.0 Å². The quantitative estimate of drug-likeness (QED) is 0.736. The van der Waals surface area contributed by atoms with E-state index >= 15 is 0 Å². The topological polar surface area (TPSA) is 76.6 Å². The molecule has 4 rings (SSSR count). The van der Waals surface area contributed by atoms with Crippen LogP contribution in [0, 0.1) is 6.92 Å². The number of aromatic nitrogens is 2. The standard InChI is InChI=1S/C22H25N3O4/c1-14-19(28-2)12-15(13-20(14)29-3)21(26)24-10-8-16(9-11-24)25-18-7-5-4-6-17(18)23-22(25)27/h4-7,12-13,16H,8-11H2,1-3H3,(H,23,27). The van der Waals surface area contributed by atoms with Crippen molar-refractivity contribution in [1.29, 1.82) is 0 Å². The SMILES string of the molecule is COc1cc(C(=O)N2CCC(n3c(=O)[nH]c4ccccc43)CC2)cc(OC)c1C. The van der Waals surface area contributed by atoms with Crippen LogP contribution < -0.4 is 15.2 Å². The number of piperidine rings is 1. The first-order chi connectivity index (χ1) is 14.0. The molecule has 1 aromatic heterocycles. The van der Waals surface area contributed by atoms with E-state index in [4.69, 9.17) is 9.47 Å². The Balaban J connectivity index is 1.53. The molecule has 0 aliphatic carbocycles. The van der Waals surface area contributed by atoms with Gasteiger partial charge in [0, 0.05) is 30.3 Å². The molecule has 152 valence electrons. The molecule has 1 fully saturated rings. The molecule has 0 bridgehead atoms. The van der Waals surface area contributed by atoms with Crippen molar-refractivity contribution in [1.82, 2.24) is 14.5 Å². The highest BCUT2D eigenvalue weighted by atomic mass is 16.5. The predicted molar refractivity (Wildman–Crippen MR) is 111 cm³/mol. The third-order valence-corrected chi connectivity index (χ3v) is 5.74. The molecule has 2 aromatic carbocycles. The van der Waals surface area contributed by atoms with Crippen LogP contribution in [0.4, 0.5) is 0 Å². The van der Waals surface area contributed by atoms with Gasteiger partial charge in [0.15, 0.2) is 0 Å². The number of aromatic amines is 1. The first-order valence-electron chi connectivity index (χ1n) is 9.74. The highest BCUT2D eigenvalue weighted by molar-refractivity contribution is 5.95. The maximum atomic E-state index is 13.1. The summed E-state index contributed by atoms with van der Waals surface area (Å²) in [6, 6.07) is 11.3. The number of para-hydroxylation sites is 2. The molecular formula is C22H25N3O4. The molecule has 1 aliphatic rings. The van der Waals surface area contributed by atoms with Crippen molar-refractivity contribution >= 4 is 16.9 Å². The summed E-state index contributed by atoms with van der Waals surface area (Å²) in [4.78, 5) is 30.3. The van der Waals surface area contributed by atoms with Crippen molar-refractivity contribution in [3.63, 3.8) is 0 Å². The molecule has 1 aliphatic heterocycles. The highest BCUT2D eigenvalue weighted by Crippen LogP contribution is 2.31. The molecule has 1 N–H and O–H groups in total. The second-order valence-electron chi connectivity index (χ2n) is 7.35. The lowest BCUT2D eigenvalue weighted by Crippen LogP contribution is -2.40. The van der Waals surface area contributed by atoms with Gasteiger partial charge in [0.05, 0.1) is 25.3 Å². The molecule has 1 saturated heterocycles. The maximum Gasteiger partial charge on any atom is 0.326 e. The Morgan fingerprint density at radius 3 is 2.31 bits per heavy atom. The largest absolute Gasteiger partial charge is 0.496 e. The molecule has 1 amide bonds. The van der Waals surface area contributed by atoms with Gasteiger partial charge in [-0.1, -0.05) is 12.1 Å². The fourth-order valence-electron chi connectivity index (χ4n) is 4.16. The van der Waals surface area contributed by atoms with Crippen LogP contribution in [-0.4, -0.2) is 47.7 Å². The number of methoxy groups -OCH3 is 2. The van der Waals surface area contributed by atoms with Gasteiger partial charge in [-0.25, -0.2) is 4.79 Å². The van der Waals surface area contributed by atoms with Gasteiger partial charge < -0.3 is 19.4 Å². The monoisotopic (exact) mass is 395 g/mol. The first-order valence-corrected chi connectivity index (χ1v) is 9.74. The number of fused-ring (bicyclic) bond motifs is 1. The zero-order valence-electron chi connectivity index (χ0n) is 16.9. The molecule has 0 radical (unpaired) electrons. The Kier molecular flexibility index (Phi) is 5.05.